The van der Waals surface area contributed by atoms with Crippen molar-refractivity contribution in [2.45, 2.75) is 58.8 Å². The van der Waals surface area contributed by atoms with E-state index in [1.807, 2.05) is 4.90 Å². The van der Waals surface area contributed by atoms with E-state index in [1.165, 1.54) is 24.4 Å². The summed E-state index contributed by atoms with van der Waals surface area (Å²) in [5.74, 6) is 0.119. The van der Waals surface area contributed by atoms with Gasteiger partial charge in [-0.05, 0) is 49.9 Å². The minimum Gasteiger partial charge on any atom is -0.353 e. The summed E-state index contributed by atoms with van der Waals surface area (Å²) < 4.78 is 41.1. The van der Waals surface area contributed by atoms with Crippen LogP contribution in [-0.4, -0.2) is 40.9 Å². The average molecular weight is 439 g/mol. The lowest BCUT2D eigenvalue weighted by atomic mass is 9.98. The van der Waals surface area contributed by atoms with Gasteiger partial charge in [-0.3, -0.25) is 9.78 Å². The Morgan fingerprint density at radius 2 is 1.97 bits per heavy atom. The molecule has 2 aromatic rings. The molecule has 0 saturated carbocycles. The van der Waals surface area contributed by atoms with Crippen molar-refractivity contribution < 1.29 is 20.8 Å². The molecule has 0 amide bonds. The highest BCUT2D eigenvalue weighted by atomic mass is 19.4. The molecule has 2 aromatic heterocycles. The van der Waals surface area contributed by atoms with Crippen molar-refractivity contribution in [3.05, 3.63) is 53.0 Å². The normalized spacial score (nSPS) is 19.7. The minimum absolute atomic E-state index is 0. The molecule has 5 nitrogen and oxygen atoms in total. The van der Waals surface area contributed by atoms with Crippen LogP contribution in [0, 0.1) is 12.8 Å². The predicted octanol–water partition coefficient (Wildman–Crippen LogP) is 5.13. The monoisotopic (exact) mass is 438 g/mol. The van der Waals surface area contributed by atoms with Gasteiger partial charge >= 0.3 is 6.18 Å². The molecule has 31 heavy (non-hydrogen) atoms. The molecule has 8 heteroatoms. The van der Waals surface area contributed by atoms with Crippen LogP contribution in [0.4, 0.5) is 19.0 Å². The zero-order chi connectivity index (χ0) is 22.8. The van der Waals surface area contributed by atoms with E-state index in [2.05, 4.69) is 36.1 Å². The summed E-state index contributed by atoms with van der Waals surface area (Å²) in [6, 6.07) is 5.79. The molecule has 0 aliphatic carbocycles. The summed E-state index contributed by atoms with van der Waals surface area (Å²) >= 11 is 0. The van der Waals surface area contributed by atoms with E-state index in [1.54, 1.807) is 6.92 Å². The van der Waals surface area contributed by atoms with Crippen molar-refractivity contribution in [2.24, 2.45) is 5.92 Å². The van der Waals surface area contributed by atoms with Crippen LogP contribution in [0.15, 0.2) is 30.5 Å². The van der Waals surface area contributed by atoms with Crippen molar-refractivity contribution in [3.63, 3.8) is 0 Å². The molecule has 1 saturated heterocycles. The summed E-state index contributed by atoms with van der Waals surface area (Å²) in [7, 11) is 0. The van der Waals surface area contributed by atoms with E-state index >= 15 is 0 Å². The quantitative estimate of drug-likeness (QED) is 0.634. The number of hydrogen-bond donors (Lipinski definition) is 1. The van der Waals surface area contributed by atoms with Gasteiger partial charge in [-0.1, -0.05) is 20.8 Å². The summed E-state index contributed by atoms with van der Waals surface area (Å²) in [6.45, 7) is 9.22. The zero-order valence-corrected chi connectivity index (χ0v) is 18.3. The van der Waals surface area contributed by atoms with Crippen LogP contribution in [0.25, 0.3) is 0 Å². The van der Waals surface area contributed by atoms with Gasteiger partial charge in [-0.15, -0.1) is 0 Å². The maximum Gasteiger partial charge on any atom is 0.418 e. The summed E-state index contributed by atoms with van der Waals surface area (Å²) in [5.41, 5.74) is -1.10. The lowest BCUT2D eigenvalue weighted by Crippen LogP contribution is -2.57. The molecule has 1 fully saturated rings. The maximum absolute atomic E-state index is 13.7. The molecule has 0 unspecified atom stereocenters. The third kappa shape index (κ3) is 5.42. The molecule has 0 aromatic carbocycles. The number of carbonyl (C=O) groups is 1. The SMILES string of the molecule is CC[C@@H]1CN(c2ccc(C(F)(F)F)c(C(=O)c3cccnc3C)n2)C[C@H](CC(C)C)N1.[HH].[HH]. The Hall–Kier alpha value is -2.48. The van der Waals surface area contributed by atoms with E-state index in [0.29, 0.717) is 30.5 Å². The second-order valence-corrected chi connectivity index (χ2v) is 8.53. The first-order chi connectivity index (χ1) is 14.6. The number of hydrogen-bond acceptors (Lipinski definition) is 5. The first-order valence-corrected chi connectivity index (χ1v) is 10.7. The van der Waals surface area contributed by atoms with Crippen LogP contribution in [0.3, 0.4) is 0 Å². The van der Waals surface area contributed by atoms with E-state index < -0.39 is 23.2 Å². The molecule has 1 N–H and O–H groups in total. The van der Waals surface area contributed by atoms with Crippen LogP contribution in [-0.2, 0) is 6.18 Å². The second-order valence-electron chi connectivity index (χ2n) is 8.53. The Kier molecular flexibility index (Phi) is 6.99. The molecule has 3 heterocycles. The van der Waals surface area contributed by atoms with Gasteiger partial charge in [0.1, 0.15) is 11.5 Å². The van der Waals surface area contributed by atoms with Gasteiger partial charge in [0.15, 0.2) is 0 Å². The molecule has 0 bridgehead atoms. The second kappa shape index (κ2) is 9.34. The van der Waals surface area contributed by atoms with Gasteiger partial charge in [-0.25, -0.2) is 4.98 Å². The van der Waals surface area contributed by atoms with E-state index in [-0.39, 0.29) is 20.5 Å². The molecule has 172 valence electrons. The number of aryl methyl sites for hydroxylation is 1. The van der Waals surface area contributed by atoms with Crippen LogP contribution in [0.2, 0.25) is 0 Å². The minimum atomic E-state index is -4.68. The number of pyridine rings is 2. The van der Waals surface area contributed by atoms with Gasteiger partial charge in [0.25, 0.3) is 0 Å². The molecule has 1 aliphatic heterocycles. The zero-order valence-electron chi connectivity index (χ0n) is 18.3. The Balaban J connectivity index is 0.00000272. The highest BCUT2D eigenvalue weighted by Crippen LogP contribution is 2.34. The van der Waals surface area contributed by atoms with Crippen LogP contribution < -0.4 is 10.2 Å². The number of piperazine rings is 1. The van der Waals surface area contributed by atoms with E-state index in [4.69, 9.17) is 0 Å². The fraction of sp³-hybridized carbons (Fsp3) is 0.522. The largest absolute Gasteiger partial charge is 0.418 e. The number of carbonyl (C=O) groups excluding carboxylic acids is 1. The lowest BCUT2D eigenvalue weighted by molar-refractivity contribution is -0.138. The highest BCUT2D eigenvalue weighted by molar-refractivity contribution is 6.09. The van der Waals surface area contributed by atoms with E-state index in [0.717, 1.165) is 18.9 Å². The Bertz CT molecular complexity index is 940. The first kappa shape index (κ1) is 23.2. The van der Waals surface area contributed by atoms with Gasteiger partial charge < -0.3 is 10.2 Å². The molecule has 0 radical (unpaired) electrons. The fourth-order valence-corrected chi connectivity index (χ4v) is 4.07. The number of aromatic nitrogens is 2. The van der Waals surface area contributed by atoms with Crippen LogP contribution in [0.1, 0.15) is 63.8 Å². The van der Waals surface area contributed by atoms with Crippen molar-refractivity contribution in [2.75, 3.05) is 18.0 Å². The Labute approximate surface area is 184 Å². The summed E-state index contributed by atoms with van der Waals surface area (Å²) in [5, 5.41) is 3.62. The Morgan fingerprint density at radius 1 is 1.26 bits per heavy atom. The van der Waals surface area contributed by atoms with Gasteiger partial charge in [-0.2, -0.15) is 13.2 Å². The molecule has 2 atom stereocenters. The predicted molar refractivity (Wildman–Crippen MR) is 119 cm³/mol. The summed E-state index contributed by atoms with van der Waals surface area (Å²) in [4.78, 5) is 23.4. The van der Waals surface area contributed by atoms with Gasteiger partial charge in [0.05, 0.1) is 5.56 Å². The van der Waals surface area contributed by atoms with Crippen LogP contribution in [0.5, 0.6) is 0 Å². The maximum atomic E-state index is 13.7. The fourth-order valence-electron chi connectivity index (χ4n) is 4.07. The third-order valence-corrected chi connectivity index (χ3v) is 5.58. The number of halogens is 3. The number of ketones is 1. The highest BCUT2D eigenvalue weighted by Gasteiger charge is 2.38. The van der Waals surface area contributed by atoms with Crippen LogP contribution >= 0.6 is 0 Å². The standard InChI is InChI=1S/C23H29F3N4O.2H2/c1-5-16-12-30(13-17(28-16)11-14(2)3)20-9-8-19(23(24,25)26)21(29-20)22(31)18-7-6-10-27-15(18)4;;/h6-10,14,16-17,28H,5,11-13H2,1-4H3;2*1H/t16-,17+;;/m1../s1. The molecular formula is C23H33F3N4O. The van der Waals surface area contributed by atoms with E-state index in [9.17, 15) is 18.0 Å². The third-order valence-electron chi connectivity index (χ3n) is 5.58. The molecule has 0 spiro atoms. The Morgan fingerprint density at radius 3 is 2.58 bits per heavy atom. The summed E-state index contributed by atoms with van der Waals surface area (Å²) in [6.07, 6.45) is -1.33. The van der Waals surface area contributed by atoms with Gasteiger partial charge in [0.2, 0.25) is 5.78 Å². The number of nitrogens with one attached hydrogen (secondary N) is 1. The van der Waals surface area contributed by atoms with Crippen molar-refractivity contribution in [1.29, 1.82) is 0 Å². The smallest absolute Gasteiger partial charge is 0.353 e. The lowest BCUT2D eigenvalue weighted by Gasteiger charge is -2.40. The average Bonchev–Trinajstić information content (AvgIpc) is 2.71. The number of nitrogens with zero attached hydrogens (tertiary/aromatic N) is 3. The molecule has 1 aliphatic rings. The van der Waals surface area contributed by atoms with Crippen molar-refractivity contribution in [1.82, 2.24) is 15.3 Å². The first-order valence-electron chi connectivity index (χ1n) is 10.7. The number of rotatable bonds is 6. The number of anilines is 1. The molecular weight excluding hydrogens is 405 g/mol. The number of alkyl halides is 3. The van der Waals surface area contributed by atoms with Gasteiger partial charge in [0, 0.05) is 45.5 Å². The topological polar surface area (TPSA) is 58.1 Å². The molecule has 3 rings (SSSR count). The van der Waals surface area contributed by atoms with Crippen molar-refractivity contribution >= 4 is 11.6 Å². The van der Waals surface area contributed by atoms with Crippen molar-refractivity contribution in [3.8, 4) is 0 Å².